The molecular weight excluding hydrogens is 595 g/mol. The molecule has 0 saturated heterocycles. The molecule has 0 aliphatic heterocycles. The number of rotatable bonds is 5. The maximum atomic E-state index is 5.02. The highest BCUT2D eigenvalue weighted by molar-refractivity contribution is 6.04. The van der Waals surface area contributed by atoms with E-state index < -0.39 is 0 Å². The summed E-state index contributed by atoms with van der Waals surface area (Å²) in [5.74, 6) is 1.98. The lowest BCUT2D eigenvalue weighted by Gasteiger charge is -2.22. The third-order valence-electron chi connectivity index (χ3n) is 9.98. The summed E-state index contributed by atoms with van der Waals surface area (Å²) in [6.45, 7) is 4.67. The minimum Gasteiger partial charge on any atom is -0.208 e. The minimum atomic E-state index is -0.0230. The van der Waals surface area contributed by atoms with Crippen molar-refractivity contribution in [3.8, 4) is 67.5 Å². The van der Waals surface area contributed by atoms with Crippen LogP contribution in [0.2, 0.25) is 0 Å². The summed E-state index contributed by atoms with van der Waals surface area (Å²) in [5, 5.41) is 2.27. The zero-order valence-electron chi connectivity index (χ0n) is 27.4. The van der Waals surface area contributed by atoms with E-state index in [0.29, 0.717) is 17.5 Å². The van der Waals surface area contributed by atoms with E-state index >= 15 is 0 Å². The summed E-state index contributed by atoms with van der Waals surface area (Å²) >= 11 is 0. The van der Waals surface area contributed by atoms with E-state index in [-0.39, 0.29) is 5.41 Å². The number of nitrogens with zero attached hydrogens (tertiary/aromatic N) is 3. The maximum absolute atomic E-state index is 5.02. The molecule has 0 bridgehead atoms. The van der Waals surface area contributed by atoms with Crippen molar-refractivity contribution in [2.75, 3.05) is 0 Å². The van der Waals surface area contributed by atoms with Gasteiger partial charge in [-0.2, -0.15) is 0 Å². The van der Waals surface area contributed by atoms with E-state index in [1.807, 2.05) is 60.7 Å². The lowest BCUT2D eigenvalue weighted by molar-refractivity contribution is 0.660. The number of hydrogen-bond donors (Lipinski definition) is 0. The van der Waals surface area contributed by atoms with Gasteiger partial charge >= 0.3 is 0 Å². The normalized spacial score (nSPS) is 12.9. The molecule has 7 aromatic carbocycles. The largest absolute Gasteiger partial charge is 0.208 e. The SMILES string of the molecule is CC1(C)c2ccccc2-c2ccc(-c3ccc(-c4ccc(-c5nc(-c6ccccc6)nc(-c6ccccc6)n5)c5ccccc45)cc3)cc21. The second-order valence-electron chi connectivity index (χ2n) is 13.3. The molecule has 0 fully saturated rings. The molecule has 1 aliphatic carbocycles. The fourth-order valence-electron chi connectivity index (χ4n) is 7.40. The Morgan fingerprint density at radius 3 is 1.47 bits per heavy atom. The fraction of sp³-hybridized carbons (Fsp3) is 0.0652. The minimum absolute atomic E-state index is 0.0230. The summed E-state index contributed by atoms with van der Waals surface area (Å²) in [4.78, 5) is 14.9. The summed E-state index contributed by atoms with van der Waals surface area (Å²) in [6.07, 6.45) is 0. The monoisotopic (exact) mass is 627 g/mol. The fourth-order valence-corrected chi connectivity index (χ4v) is 7.40. The predicted molar refractivity (Wildman–Crippen MR) is 202 cm³/mol. The van der Waals surface area contributed by atoms with Gasteiger partial charge in [-0.1, -0.05) is 166 Å². The van der Waals surface area contributed by atoms with Crippen LogP contribution < -0.4 is 0 Å². The van der Waals surface area contributed by atoms with E-state index in [0.717, 1.165) is 27.5 Å². The van der Waals surface area contributed by atoms with E-state index in [1.165, 1.54) is 44.5 Å². The van der Waals surface area contributed by atoms with Crippen LogP contribution in [0, 0.1) is 0 Å². The van der Waals surface area contributed by atoms with Crippen molar-refractivity contribution in [1.82, 2.24) is 15.0 Å². The molecule has 0 unspecified atom stereocenters. The Bertz CT molecular complexity index is 2440. The standard InChI is InChI=1S/C46H33N3/c1-46(2)41-20-12-11-19-38(41)39-26-25-34(29-42(39)46)30-21-23-31(24-22-30)35-27-28-40(37-18-10-9-17-36(35)37)45-48-43(32-13-5-3-6-14-32)47-44(49-45)33-15-7-4-8-16-33/h3-29H,1-2H3. The molecule has 0 saturated carbocycles. The summed E-state index contributed by atoms with van der Waals surface area (Å²) in [7, 11) is 0. The van der Waals surface area contributed by atoms with Crippen molar-refractivity contribution in [3.05, 3.63) is 175 Å². The van der Waals surface area contributed by atoms with Crippen molar-refractivity contribution < 1.29 is 0 Å². The molecule has 1 aromatic heterocycles. The molecule has 232 valence electrons. The molecular formula is C46H33N3. The molecule has 0 N–H and O–H groups in total. The van der Waals surface area contributed by atoms with Gasteiger partial charge in [0.15, 0.2) is 17.5 Å². The molecule has 9 rings (SSSR count). The Morgan fingerprint density at radius 2 is 0.796 bits per heavy atom. The third-order valence-corrected chi connectivity index (χ3v) is 9.98. The van der Waals surface area contributed by atoms with Crippen molar-refractivity contribution >= 4 is 10.8 Å². The van der Waals surface area contributed by atoms with Gasteiger partial charge in [0.05, 0.1) is 0 Å². The number of benzene rings is 7. The van der Waals surface area contributed by atoms with Gasteiger partial charge in [0.2, 0.25) is 0 Å². The van der Waals surface area contributed by atoms with Gasteiger partial charge in [-0.05, 0) is 67.4 Å². The van der Waals surface area contributed by atoms with Crippen LogP contribution in [-0.4, -0.2) is 15.0 Å². The topological polar surface area (TPSA) is 38.7 Å². The highest BCUT2D eigenvalue weighted by atomic mass is 15.0. The average Bonchev–Trinajstić information content (AvgIpc) is 3.40. The average molecular weight is 628 g/mol. The van der Waals surface area contributed by atoms with Crippen molar-refractivity contribution in [2.45, 2.75) is 19.3 Å². The Balaban J connectivity index is 1.11. The number of fused-ring (bicyclic) bond motifs is 4. The summed E-state index contributed by atoms with van der Waals surface area (Å²) in [5.41, 5.74) is 13.2. The van der Waals surface area contributed by atoms with Crippen molar-refractivity contribution in [2.24, 2.45) is 0 Å². The van der Waals surface area contributed by atoms with Gasteiger partial charge in [0, 0.05) is 22.1 Å². The van der Waals surface area contributed by atoms with E-state index in [4.69, 9.17) is 15.0 Å². The van der Waals surface area contributed by atoms with Gasteiger partial charge in [0.25, 0.3) is 0 Å². The molecule has 0 spiro atoms. The van der Waals surface area contributed by atoms with Crippen LogP contribution in [-0.2, 0) is 5.41 Å². The Kier molecular flexibility index (Phi) is 6.80. The molecule has 3 nitrogen and oxygen atoms in total. The molecule has 0 amide bonds. The lowest BCUT2D eigenvalue weighted by atomic mass is 9.81. The van der Waals surface area contributed by atoms with Gasteiger partial charge in [-0.15, -0.1) is 0 Å². The highest BCUT2D eigenvalue weighted by Gasteiger charge is 2.35. The van der Waals surface area contributed by atoms with Crippen LogP contribution in [0.4, 0.5) is 0 Å². The van der Waals surface area contributed by atoms with E-state index in [2.05, 4.69) is 117 Å². The predicted octanol–water partition coefficient (Wildman–Crippen LogP) is 11.7. The highest BCUT2D eigenvalue weighted by Crippen LogP contribution is 2.49. The molecule has 8 aromatic rings. The van der Waals surface area contributed by atoms with Crippen molar-refractivity contribution in [3.63, 3.8) is 0 Å². The smallest absolute Gasteiger partial charge is 0.164 e. The maximum Gasteiger partial charge on any atom is 0.164 e. The molecule has 3 heteroatoms. The molecule has 49 heavy (non-hydrogen) atoms. The van der Waals surface area contributed by atoms with Crippen LogP contribution in [0.15, 0.2) is 164 Å². The van der Waals surface area contributed by atoms with Crippen LogP contribution in [0.3, 0.4) is 0 Å². The zero-order chi connectivity index (χ0) is 33.0. The molecule has 0 atom stereocenters. The van der Waals surface area contributed by atoms with E-state index in [1.54, 1.807) is 0 Å². The first-order valence-corrected chi connectivity index (χ1v) is 16.8. The molecule has 0 radical (unpaired) electrons. The van der Waals surface area contributed by atoms with Crippen LogP contribution in [0.25, 0.3) is 78.3 Å². The first-order chi connectivity index (χ1) is 24.0. The van der Waals surface area contributed by atoms with Crippen molar-refractivity contribution in [1.29, 1.82) is 0 Å². The molecule has 1 aliphatic rings. The van der Waals surface area contributed by atoms with Gasteiger partial charge in [0.1, 0.15) is 0 Å². The second-order valence-corrected chi connectivity index (χ2v) is 13.3. The summed E-state index contributed by atoms with van der Waals surface area (Å²) in [6, 6.07) is 57.9. The Labute approximate surface area is 286 Å². The number of aromatic nitrogens is 3. The summed E-state index contributed by atoms with van der Waals surface area (Å²) < 4.78 is 0. The zero-order valence-corrected chi connectivity index (χ0v) is 27.4. The van der Waals surface area contributed by atoms with Crippen LogP contribution >= 0.6 is 0 Å². The van der Waals surface area contributed by atoms with E-state index in [9.17, 15) is 0 Å². The third kappa shape index (κ3) is 4.94. The second kappa shape index (κ2) is 11.5. The Morgan fingerprint density at radius 1 is 0.327 bits per heavy atom. The first-order valence-electron chi connectivity index (χ1n) is 16.8. The quantitative estimate of drug-likeness (QED) is 0.191. The van der Waals surface area contributed by atoms with Gasteiger partial charge in [-0.3, -0.25) is 0 Å². The Hall–Kier alpha value is -6.19. The first kappa shape index (κ1) is 29.0. The lowest BCUT2D eigenvalue weighted by Crippen LogP contribution is -2.14. The van der Waals surface area contributed by atoms with Gasteiger partial charge in [-0.25, -0.2) is 15.0 Å². The molecule has 1 heterocycles. The number of hydrogen-bond acceptors (Lipinski definition) is 3. The van der Waals surface area contributed by atoms with Crippen LogP contribution in [0.1, 0.15) is 25.0 Å². The van der Waals surface area contributed by atoms with Gasteiger partial charge < -0.3 is 0 Å². The van der Waals surface area contributed by atoms with Crippen LogP contribution in [0.5, 0.6) is 0 Å².